The molecule has 1 aromatic carbocycles. The number of nitrogens with two attached hydrogens (primary N) is 1. The molecule has 2 heterocycles. The molecular formula is C19H23N5O2. The summed E-state index contributed by atoms with van der Waals surface area (Å²) in [6, 6.07) is 8.80. The summed E-state index contributed by atoms with van der Waals surface area (Å²) in [4.78, 5) is 18.6. The number of nitrogens with zero attached hydrogens (tertiary/aromatic N) is 3. The smallest absolute Gasteiger partial charge is 0.239 e. The molecule has 3 rings (SSSR count). The van der Waals surface area contributed by atoms with Crippen LogP contribution in [0.4, 0.5) is 5.69 Å². The van der Waals surface area contributed by atoms with E-state index in [0.717, 1.165) is 24.0 Å². The molecular weight excluding hydrogens is 330 g/mol. The Morgan fingerprint density at radius 3 is 3.04 bits per heavy atom. The summed E-state index contributed by atoms with van der Waals surface area (Å²) in [5, 5.41) is 22.2. The van der Waals surface area contributed by atoms with Crippen LogP contribution in [0.25, 0.3) is 10.9 Å². The van der Waals surface area contributed by atoms with Crippen LogP contribution in [0.1, 0.15) is 18.9 Å². The quantitative estimate of drug-likeness (QED) is 0.747. The molecule has 0 aliphatic carbocycles. The summed E-state index contributed by atoms with van der Waals surface area (Å²) in [6.45, 7) is 3.27. The second-order valence-electron chi connectivity index (χ2n) is 6.88. The molecule has 1 aromatic heterocycles. The summed E-state index contributed by atoms with van der Waals surface area (Å²) in [5.74, 6) is 0.0414. The number of aliphatic hydroxyl groups is 1. The van der Waals surface area contributed by atoms with Crippen molar-refractivity contribution >= 4 is 22.5 Å². The summed E-state index contributed by atoms with van der Waals surface area (Å²) >= 11 is 0. The Morgan fingerprint density at radius 2 is 2.31 bits per heavy atom. The van der Waals surface area contributed by atoms with Crippen molar-refractivity contribution < 1.29 is 9.90 Å². The number of carbonyl (C=O) groups is 1. The first-order valence-electron chi connectivity index (χ1n) is 8.73. The number of anilines is 1. The molecule has 1 saturated heterocycles. The third-order valence-electron chi connectivity index (χ3n) is 4.75. The lowest BCUT2D eigenvalue weighted by atomic mass is 9.94. The normalized spacial score (nSPS) is 21.2. The largest absolute Gasteiger partial charge is 0.394 e. The Kier molecular flexibility index (Phi) is 5.35. The fourth-order valence-corrected chi connectivity index (χ4v) is 3.57. The molecule has 0 radical (unpaired) electrons. The zero-order valence-corrected chi connectivity index (χ0v) is 14.7. The molecule has 136 valence electrons. The van der Waals surface area contributed by atoms with E-state index < -0.39 is 6.04 Å². The fraction of sp³-hybridized carbons (Fsp3) is 0.421. The van der Waals surface area contributed by atoms with Crippen LogP contribution in [0, 0.1) is 17.2 Å². The van der Waals surface area contributed by atoms with Crippen molar-refractivity contribution in [2.24, 2.45) is 11.7 Å². The molecule has 4 N–H and O–H groups in total. The van der Waals surface area contributed by atoms with E-state index in [9.17, 15) is 10.1 Å². The number of nitriles is 1. The lowest BCUT2D eigenvalue weighted by Gasteiger charge is -2.39. The molecule has 0 bridgehead atoms. The Hall–Kier alpha value is -2.69. The van der Waals surface area contributed by atoms with Gasteiger partial charge in [0.25, 0.3) is 0 Å². The molecule has 1 aliphatic rings. The van der Waals surface area contributed by atoms with E-state index in [4.69, 9.17) is 10.8 Å². The summed E-state index contributed by atoms with van der Waals surface area (Å²) < 4.78 is 0. The fourth-order valence-electron chi connectivity index (χ4n) is 3.57. The Bertz CT molecular complexity index is 847. The van der Waals surface area contributed by atoms with Crippen molar-refractivity contribution in [2.75, 3.05) is 24.6 Å². The van der Waals surface area contributed by atoms with Crippen molar-refractivity contribution in [2.45, 2.75) is 25.4 Å². The number of fused-ring (bicyclic) bond motifs is 1. The van der Waals surface area contributed by atoms with Crippen LogP contribution in [-0.2, 0) is 4.79 Å². The van der Waals surface area contributed by atoms with E-state index in [1.165, 1.54) is 0 Å². The zero-order valence-electron chi connectivity index (χ0n) is 14.7. The van der Waals surface area contributed by atoms with Gasteiger partial charge < -0.3 is 21.1 Å². The van der Waals surface area contributed by atoms with Gasteiger partial charge in [0.2, 0.25) is 5.91 Å². The maximum atomic E-state index is 12.0. The number of hydrogen-bond acceptors (Lipinski definition) is 6. The third kappa shape index (κ3) is 3.62. The predicted molar refractivity (Wildman–Crippen MR) is 99.4 cm³/mol. The number of aliphatic hydroxyl groups excluding tert-OH is 1. The first kappa shape index (κ1) is 18.1. The SMILES string of the molecule is C[C@@H]1CC(NC(=O)C(N)CO)CN(c2ccc(C#N)c3ncccc23)C1. The maximum absolute atomic E-state index is 12.0. The van der Waals surface area contributed by atoms with Crippen LogP contribution in [0.5, 0.6) is 0 Å². The van der Waals surface area contributed by atoms with E-state index in [0.29, 0.717) is 23.5 Å². The molecule has 26 heavy (non-hydrogen) atoms. The van der Waals surface area contributed by atoms with Crippen molar-refractivity contribution in [3.63, 3.8) is 0 Å². The molecule has 1 amide bonds. The Labute approximate surface area is 152 Å². The number of benzene rings is 1. The van der Waals surface area contributed by atoms with Crippen LogP contribution in [0.2, 0.25) is 0 Å². The van der Waals surface area contributed by atoms with Gasteiger partial charge in [0.1, 0.15) is 12.1 Å². The maximum Gasteiger partial charge on any atom is 0.239 e. The number of hydrogen-bond donors (Lipinski definition) is 3. The summed E-state index contributed by atoms with van der Waals surface area (Å²) in [7, 11) is 0. The molecule has 2 unspecified atom stereocenters. The lowest BCUT2D eigenvalue weighted by Crippen LogP contribution is -2.54. The minimum atomic E-state index is -0.902. The Balaban J connectivity index is 1.88. The Morgan fingerprint density at radius 1 is 1.50 bits per heavy atom. The molecule has 1 aliphatic heterocycles. The van der Waals surface area contributed by atoms with Gasteiger partial charge in [0.15, 0.2) is 0 Å². The summed E-state index contributed by atoms with van der Waals surface area (Å²) in [5.41, 5.74) is 7.85. The summed E-state index contributed by atoms with van der Waals surface area (Å²) in [6.07, 6.45) is 2.54. The van der Waals surface area contributed by atoms with E-state index in [2.05, 4.69) is 28.2 Å². The molecule has 7 heteroatoms. The average Bonchev–Trinajstić information content (AvgIpc) is 2.65. The molecule has 0 spiro atoms. The number of pyridine rings is 1. The monoisotopic (exact) mass is 353 g/mol. The minimum absolute atomic E-state index is 0.0498. The first-order chi connectivity index (χ1) is 12.5. The molecule has 1 fully saturated rings. The first-order valence-corrected chi connectivity index (χ1v) is 8.73. The molecule has 2 aromatic rings. The van der Waals surface area contributed by atoms with Crippen LogP contribution >= 0.6 is 0 Å². The second-order valence-corrected chi connectivity index (χ2v) is 6.88. The van der Waals surface area contributed by atoms with Gasteiger partial charge in [-0.05, 0) is 36.6 Å². The number of piperidine rings is 1. The van der Waals surface area contributed by atoms with Crippen molar-refractivity contribution in [1.82, 2.24) is 10.3 Å². The lowest BCUT2D eigenvalue weighted by molar-refractivity contribution is -0.124. The van der Waals surface area contributed by atoms with Crippen LogP contribution < -0.4 is 16.0 Å². The van der Waals surface area contributed by atoms with Gasteiger partial charge in [-0.2, -0.15) is 5.26 Å². The van der Waals surface area contributed by atoms with Crippen LogP contribution in [0.15, 0.2) is 30.5 Å². The van der Waals surface area contributed by atoms with E-state index in [1.807, 2.05) is 18.2 Å². The van der Waals surface area contributed by atoms with Crippen molar-refractivity contribution in [3.8, 4) is 6.07 Å². The van der Waals surface area contributed by atoms with E-state index in [1.54, 1.807) is 12.3 Å². The number of carbonyl (C=O) groups excluding carboxylic acids is 1. The predicted octanol–water partition coefficient (Wildman–Crippen LogP) is 0.757. The zero-order chi connectivity index (χ0) is 18.7. The van der Waals surface area contributed by atoms with Crippen LogP contribution in [-0.4, -0.2) is 47.8 Å². The molecule has 0 saturated carbocycles. The third-order valence-corrected chi connectivity index (χ3v) is 4.75. The van der Waals surface area contributed by atoms with Crippen molar-refractivity contribution in [3.05, 3.63) is 36.0 Å². The number of amides is 1. The highest BCUT2D eigenvalue weighted by Gasteiger charge is 2.28. The highest BCUT2D eigenvalue weighted by Crippen LogP contribution is 2.31. The highest BCUT2D eigenvalue weighted by molar-refractivity contribution is 5.95. The minimum Gasteiger partial charge on any atom is -0.394 e. The highest BCUT2D eigenvalue weighted by atomic mass is 16.3. The van der Waals surface area contributed by atoms with Gasteiger partial charge in [-0.1, -0.05) is 6.92 Å². The second kappa shape index (κ2) is 7.68. The van der Waals surface area contributed by atoms with Crippen LogP contribution in [0.3, 0.4) is 0 Å². The van der Waals surface area contributed by atoms with Crippen molar-refractivity contribution in [1.29, 1.82) is 5.26 Å². The van der Waals surface area contributed by atoms with Gasteiger partial charge in [-0.15, -0.1) is 0 Å². The van der Waals surface area contributed by atoms with Gasteiger partial charge in [0, 0.05) is 36.4 Å². The topological polar surface area (TPSA) is 115 Å². The van der Waals surface area contributed by atoms with Gasteiger partial charge in [-0.3, -0.25) is 9.78 Å². The number of nitrogens with one attached hydrogen (secondary N) is 1. The average molecular weight is 353 g/mol. The van der Waals surface area contributed by atoms with Gasteiger partial charge in [-0.25, -0.2) is 0 Å². The van der Waals surface area contributed by atoms with Gasteiger partial charge in [0.05, 0.1) is 17.7 Å². The molecule has 3 atom stereocenters. The number of aromatic nitrogens is 1. The van der Waals surface area contributed by atoms with E-state index in [-0.39, 0.29) is 18.6 Å². The van der Waals surface area contributed by atoms with Gasteiger partial charge >= 0.3 is 0 Å². The standard InChI is InChI=1S/C19H23N5O2/c1-12-7-14(23-19(26)16(21)11-25)10-24(9-12)17-5-4-13(8-20)18-15(17)3-2-6-22-18/h2-6,12,14,16,25H,7,9-11,21H2,1H3,(H,23,26)/t12-,14?,16?/m1/s1. The molecule has 7 nitrogen and oxygen atoms in total. The number of rotatable bonds is 4. The van der Waals surface area contributed by atoms with E-state index >= 15 is 0 Å².